The minimum atomic E-state index is -4.69. The molecule has 0 spiro atoms. The molecule has 20 heavy (non-hydrogen) atoms. The van der Waals surface area contributed by atoms with E-state index in [1.165, 1.54) is 24.3 Å². The molecule has 0 unspecified atom stereocenters. The van der Waals surface area contributed by atoms with Crippen molar-refractivity contribution in [1.82, 2.24) is 0 Å². The summed E-state index contributed by atoms with van der Waals surface area (Å²) in [5.41, 5.74) is -0.209. The molecule has 4 nitrogen and oxygen atoms in total. The molecule has 1 aliphatic rings. The number of nitrogens with one attached hydrogen (secondary N) is 1. The van der Waals surface area contributed by atoms with Crippen LogP contribution in [0.25, 0.3) is 0 Å². The van der Waals surface area contributed by atoms with Crippen molar-refractivity contribution in [3.63, 3.8) is 0 Å². The summed E-state index contributed by atoms with van der Waals surface area (Å²) >= 11 is 0. The Balaban J connectivity index is 1.87. The first-order valence-corrected chi connectivity index (χ1v) is 6.26. The van der Waals surface area contributed by atoms with Crippen LogP contribution in [0.4, 0.5) is 18.9 Å². The Morgan fingerprint density at radius 1 is 1.20 bits per heavy atom. The van der Waals surface area contributed by atoms with Crippen LogP contribution >= 0.6 is 0 Å². The van der Waals surface area contributed by atoms with Gasteiger partial charge in [0.2, 0.25) is 0 Å². The number of alkyl halides is 3. The van der Waals surface area contributed by atoms with Crippen molar-refractivity contribution in [2.24, 2.45) is 0 Å². The van der Waals surface area contributed by atoms with E-state index < -0.39 is 12.0 Å². The van der Waals surface area contributed by atoms with Gasteiger partial charge in [-0.25, -0.2) is 0 Å². The average Bonchev–Trinajstić information content (AvgIpc) is 2.37. The highest BCUT2D eigenvalue weighted by Gasteiger charge is 2.31. The SMILES string of the molecule is OC1(CNc2ccc(OC(F)(F)F)cc2)CCOCC1. The molecule has 0 radical (unpaired) electrons. The molecule has 0 saturated carbocycles. The molecule has 0 bridgehead atoms. The van der Waals surface area contributed by atoms with E-state index in [0.29, 0.717) is 38.3 Å². The monoisotopic (exact) mass is 291 g/mol. The third-order valence-electron chi connectivity index (χ3n) is 3.13. The first-order valence-electron chi connectivity index (χ1n) is 6.26. The van der Waals surface area contributed by atoms with Gasteiger partial charge in [-0.15, -0.1) is 13.2 Å². The summed E-state index contributed by atoms with van der Waals surface area (Å²) in [6, 6.07) is 5.40. The average molecular weight is 291 g/mol. The van der Waals surface area contributed by atoms with Crippen molar-refractivity contribution in [2.75, 3.05) is 25.1 Å². The lowest BCUT2D eigenvalue weighted by molar-refractivity contribution is -0.274. The molecule has 0 aromatic heterocycles. The van der Waals surface area contributed by atoms with Gasteiger partial charge in [-0.1, -0.05) is 0 Å². The van der Waals surface area contributed by atoms with Crippen molar-refractivity contribution < 1.29 is 27.8 Å². The van der Waals surface area contributed by atoms with Crippen LogP contribution in [0.1, 0.15) is 12.8 Å². The Morgan fingerprint density at radius 3 is 2.35 bits per heavy atom. The lowest BCUT2D eigenvalue weighted by Crippen LogP contribution is -2.42. The Kier molecular flexibility index (Phi) is 4.39. The third-order valence-corrected chi connectivity index (χ3v) is 3.13. The molecule has 0 amide bonds. The molecule has 1 saturated heterocycles. The van der Waals surface area contributed by atoms with E-state index in [4.69, 9.17) is 4.74 Å². The summed E-state index contributed by atoms with van der Waals surface area (Å²) < 4.78 is 44.9. The highest BCUT2D eigenvalue weighted by molar-refractivity contribution is 5.46. The van der Waals surface area contributed by atoms with Gasteiger partial charge in [0.15, 0.2) is 0 Å². The maximum absolute atomic E-state index is 12.0. The molecule has 7 heteroatoms. The minimum Gasteiger partial charge on any atom is -0.406 e. The van der Waals surface area contributed by atoms with Gasteiger partial charge in [0.1, 0.15) is 5.75 Å². The van der Waals surface area contributed by atoms with E-state index >= 15 is 0 Å². The van der Waals surface area contributed by atoms with Crippen molar-refractivity contribution in [3.05, 3.63) is 24.3 Å². The van der Waals surface area contributed by atoms with Crippen LogP contribution in [0.15, 0.2) is 24.3 Å². The smallest absolute Gasteiger partial charge is 0.406 e. The van der Waals surface area contributed by atoms with Gasteiger partial charge in [-0.05, 0) is 24.3 Å². The van der Waals surface area contributed by atoms with E-state index in [2.05, 4.69) is 10.1 Å². The van der Waals surface area contributed by atoms with E-state index in [-0.39, 0.29) is 5.75 Å². The lowest BCUT2D eigenvalue weighted by atomic mass is 9.94. The van der Waals surface area contributed by atoms with Crippen molar-refractivity contribution in [2.45, 2.75) is 24.8 Å². The summed E-state index contributed by atoms with van der Waals surface area (Å²) in [5, 5.41) is 13.2. The van der Waals surface area contributed by atoms with Gasteiger partial charge in [0.05, 0.1) is 5.60 Å². The summed E-state index contributed by atoms with van der Waals surface area (Å²) in [7, 11) is 0. The van der Waals surface area contributed by atoms with Crippen molar-refractivity contribution in [3.8, 4) is 5.75 Å². The number of halogens is 3. The summed E-state index contributed by atoms with van der Waals surface area (Å²) in [4.78, 5) is 0. The van der Waals surface area contributed by atoms with E-state index in [1.54, 1.807) is 0 Å². The van der Waals surface area contributed by atoms with Crippen LogP contribution in [0.2, 0.25) is 0 Å². The number of benzene rings is 1. The topological polar surface area (TPSA) is 50.7 Å². The summed E-state index contributed by atoms with van der Waals surface area (Å²) in [5.74, 6) is -0.271. The zero-order valence-electron chi connectivity index (χ0n) is 10.7. The molecule has 1 fully saturated rings. The van der Waals surface area contributed by atoms with E-state index in [1.807, 2.05) is 0 Å². The molecular formula is C13H16F3NO3. The second kappa shape index (κ2) is 5.88. The van der Waals surface area contributed by atoms with Crippen LogP contribution in [0.3, 0.4) is 0 Å². The molecule has 0 atom stereocenters. The normalized spacial score (nSPS) is 18.6. The zero-order chi connectivity index (χ0) is 14.6. The molecule has 1 aromatic carbocycles. The van der Waals surface area contributed by atoms with Crippen LogP contribution in [0.5, 0.6) is 5.75 Å². The molecule has 1 heterocycles. The van der Waals surface area contributed by atoms with Crippen molar-refractivity contribution >= 4 is 5.69 Å². The third kappa shape index (κ3) is 4.57. The predicted octanol–water partition coefficient (Wildman–Crippen LogP) is 2.54. The predicted molar refractivity (Wildman–Crippen MR) is 66.6 cm³/mol. The molecule has 0 aliphatic carbocycles. The fourth-order valence-corrected chi connectivity index (χ4v) is 1.97. The number of ether oxygens (including phenoxy) is 2. The van der Waals surface area contributed by atoms with E-state index in [9.17, 15) is 18.3 Å². The van der Waals surface area contributed by atoms with Gasteiger partial charge in [0, 0.05) is 38.3 Å². The number of rotatable bonds is 4. The highest BCUT2D eigenvalue weighted by atomic mass is 19.4. The number of hydrogen-bond donors (Lipinski definition) is 2. The van der Waals surface area contributed by atoms with Gasteiger partial charge >= 0.3 is 6.36 Å². The largest absolute Gasteiger partial charge is 0.573 e. The maximum atomic E-state index is 12.0. The fourth-order valence-electron chi connectivity index (χ4n) is 1.97. The molecule has 112 valence electrons. The standard InChI is InChI=1S/C13H16F3NO3/c14-13(15,16)20-11-3-1-10(2-4-11)17-9-12(18)5-7-19-8-6-12/h1-4,17-18H,5-9H2. The van der Waals surface area contributed by atoms with Crippen LogP contribution < -0.4 is 10.1 Å². The highest BCUT2D eigenvalue weighted by Crippen LogP contribution is 2.25. The molecule has 1 aliphatic heterocycles. The molecule has 1 aromatic rings. The Labute approximate surface area is 114 Å². The second-order valence-electron chi connectivity index (χ2n) is 4.76. The Bertz CT molecular complexity index is 427. The minimum absolute atomic E-state index is 0.271. The van der Waals surface area contributed by atoms with Gasteiger partial charge in [0.25, 0.3) is 0 Å². The van der Waals surface area contributed by atoms with Crippen LogP contribution in [-0.2, 0) is 4.74 Å². The number of anilines is 1. The van der Waals surface area contributed by atoms with Crippen molar-refractivity contribution in [1.29, 1.82) is 0 Å². The number of aliphatic hydroxyl groups is 1. The van der Waals surface area contributed by atoms with E-state index in [0.717, 1.165) is 0 Å². The van der Waals surface area contributed by atoms with Crippen LogP contribution in [-0.4, -0.2) is 36.8 Å². The van der Waals surface area contributed by atoms with Gasteiger partial charge in [-0.3, -0.25) is 0 Å². The second-order valence-corrected chi connectivity index (χ2v) is 4.76. The van der Waals surface area contributed by atoms with Gasteiger partial charge < -0.3 is 19.9 Å². The number of hydrogen-bond acceptors (Lipinski definition) is 4. The summed E-state index contributed by atoms with van der Waals surface area (Å²) in [6.07, 6.45) is -3.61. The van der Waals surface area contributed by atoms with Crippen LogP contribution in [0, 0.1) is 0 Å². The first-order chi connectivity index (χ1) is 9.36. The maximum Gasteiger partial charge on any atom is 0.573 e. The Hall–Kier alpha value is -1.47. The van der Waals surface area contributed by atoms with Gasteiger partial charge in [-0.2, -0.15) is 0 Å². The fraction of sp³-hybridized carbons (Fsp3) is 0.538. The molecule has 2 rings (SSSR count). The lowest BCUT2D eigenvalue weighted by Gasteiger charge is -2.32. The summed E-state index contributed by atoms with van der Waals surface area (Å²) in [6.45, 7) is 1.35. The molecule has 2 N–H and O–H groups in total. The Morgan fingerprint density at radius 2 is 1.80 bits per heavy atom. The quantitative estimate of drug-likeness (QED) is 0.895. The molecular weight excluding hydrogens is 275 g/mol. The zero-order valence-corrected chi connectivity index (χ0v) is 10.7. The first kappa shape index (κ1) is 14.9.